The molecule has 0 fully saturated rings. The minimum absolute atomic E-state index is 0.239. The molecule has 0 spiro atoms. The van der Waals surface area contributed by atoms with E-state index in [1.54, 1.807) is 6.92 Å². The predicted molar refractivity (Wildman–Crippen MR) is 55.4 cm³/mol. The average molecular weight is 247 g/mol. The molecule has 16 heavy (non-hydrogen) atoms. The monoisotopic (exact) mass is 247 g/mol. The fourth-order valence-corrected chi connectivity index (χ4v) is 2.32. The molecule has 0 unspecified atom stereocenters. The van der Waals surface area contributed by atoms with Crippen LogP contribution in [0.4, 0.5) is 18.9 Å². The van der Waals surface area contributed by atoms with Gasteiger partial charge in [-0.15, -0.1) is 11.8 Å². The van der Waals surface area contributed by atoms with Gasteiger partial charge >= 0.3 is 6.18 Å². The number of thioether (sulfide) groups is 1. The summed E-state index contributed by atoms with van der Waals surface area (Å²) >= 11 is 1.26. The summed E-state index contributed by atoms with van der Waals surface area (Å²) in [6.07, 6.45) is -4.38. The van der Waals surface area contributed by atoms with Crippen LogP contribution >= 0.6 is 11.8 Å². The van der Waals surface area contributed by atoms with Crippen molar-refractivity contribution in [2.45, 2.75) is 23.2 Å². The molecule has 1 heterocycles. The number of alkyl halides is 3. The Hall–Kier alpha value is -1.17. The highest BCUT2D eigenvalue weighted by Gasteiger charge is 2.32. The largest absolute Gasteiger partial charge is 0.416 e. The van der Waals surface area contributed by atoms with Crippen LogP contribution in [0.25, 0.3) is 0 Å². The van der Waals surface area contributed by atoms with Gasteiger partial charge in [-0.3, -0.25) is 4.79 Å². The lowest BCUT2D eigenvalue weighted by Crippen LogP contribution is -2.26. The van der Waals surface area contributed by atoms with Gasteiger partial charge in [0.2, 0.25) is 5.91 Å². The normalized spacial score (nSPS) is 20.2. The summed E-state index contributed by atoms with van der Waals surface area (Å²) in [7, 11) is 0. The summed E-state index contributed by atoms with van der Waals surface area (Å²) < 4.78 is 37.2. The molecule has 1 N–H and O–H groups in total. The number of nitrogens with one attached hydrogen (secondary N) is 1. The lowest BCUT2D eigenvalue weighted by atomic mass is 10.2. The van der Waals surface area contributed by atoms with Crippen LogP contribution in [0, 0.1) is 0 Å². The molecule has 1 atom stereocenters. The Bertz CT molecular complexity index is 444. The summed E-state index contributed by atoms with van der Waals surface area (Å²) in [6.45, 7) is 1.71. The van der Waals surface area contributed by atoms with Crippen LogP contribution in [0.1, 0.15) is 12.5 Å². The van der Waals surface area contributed by atoms with Crippen LogP contribution in [0.15, 0.2) is 23.1 Å². The first-order valence-electron chi connectivity index (χ1n) is 4.56. The summed E-state index contributed by atoms with van der Waals surface area (Å²) in [5, 5.41) is 2.19. The van der Waals surface area contributed by atoms with Crippen molar-refractivity contribution in [2.75, 3.05) is 5.32 Å². The summed E-state index contributed by atoms with van der Waals surface area (Å²) in [4.78, 5) is 12.0. The van der Waals surface area contributed by atoms with Gasteiger partial charge in [0, 0.05) is 4.90 Å². The SMILES string of the molecule is C[C@@H]1Sc2ccc(C(F)(F)F)cc2NC1=O. The van der Waals surface area contributed by atoms with Crippen molar-refractivity contribution >= 4 is 23.4 Å². The maximum Gasteiger partial charge on any atom is 0.416 e. The second-order valence-corrected chi connectivity index (χ2v) is 4.84. The zero-order valence-electron chi connectivity index (χ0n) is 8.26. The number of carbonyl (C=O) groups excluding carboxylic acids is 1. The summed E-state index contributed by atoms with van der Waals surface area (Å²) in [6, 6.07) is 3.38. The molecule has 6 heteroatoms. The molecule has 0 saturated heterocycles. The van der Waals surface area contributed by atoms with Crippen LogP contribution in [0.3, 0.4) is 0 Å². The number of rotatable bonds is 0. The third kappa shape index (κ3) is 2.02. The Labute approximate surface area is 94.2 Å². The van der Waals surface area contributed by atoms with Gasteiger partial charge in [0.05, 0.1) is 16.5 Å². The van der Waals surface area contributed by atoms with Crippen LogP contribution in [-0.4, -0.2) is 11.2 Å². The molecule has 0 aliphatic carbocycles. The number of hydrogen-bond acceptors (Lipinski definition) is 2. The topological polar surface area (TPSA) is 29.1 Å². The first kappa shape index (κ1) is 11.3. The standard InChI is InChI=1S/C10H8F3NOS/c1-5-9(15)14-7-4-6(10(11,12)13)2-3-8(7)16-5/h2-5H,1H3,(H,14,15)/t5-/m0/s1. The molecule has 0 radical (unpaired) electrons. The first-order chi connectivity index (χ1) is 7.38. The lowest BCUT2D eigenvalue weighted by Gasteiger charge is -2.22. The van der Waals surface area contributed by atoms with Crippen molar-refractivity contribution in [3.05, 3.63) is 23.8 Å². The Morgan fingerprint density at radius 1 is 1.38 bits per heavy atom. The van der Waals surface area contributed by atoms with Gasteiger partial charge in [-0.05, 0) is 25.1 Å². The number of halogens is 3. The number of carbonyl (C=O) groups is 1. The van der Waals surface area contributed by atoms with Crippen LogP contribution in [0.2, 0.25) is 0 Å². The smallest absolute Gasteiger partial charge is 0.324 e. The summed E-state index contributed by atoms with van der Waals surface area (Å²) in [5.74, 6) is -0.267. The molecule has 1 amide bonds. The van der Waals surface area contributed by atoms with Gasteiger partial charge in [-0.1, -0.05) is 0 Å². The Balaban J connectivity index is 2.40. The molecule has 86 valence electrons. The molecular weight excluding hydrogens is 239 g/mol. The number of hydrogen-bond donors (Lipinski definition) is 1. The molecule has 0 saturated carbocycles. The third-order valence-corrected chi connectivity index (χ3v) is 3.42. The molecular formula is C10H8F3NOS. The minimum atomic E-state index is -4.38. The van der Waals surface area contributed by atoms with Crippen molar-refractivity contribution in [3.63, 3.8) is 0 Å². The Morgan fingerprint density at radius 2 is 2.06 bits per heavy atom. The first-order valence-corrected chi connectivity index (χ1v) is 5.44. The van der Waals surface area contributed by atoms with E-state index in [-0.39, 0.29) is 16.8 Å². The van der Waals surface area contributed by atoms with Crippen LogP contribution in [0.5, 0.6) is 0 Å². The zero-order valence-corrected chi connectivity index (χ0v) is 9.08. The van der Waals surface area contributed by atoms with E-state index in [9.17, 15) is 18.0 Å². The highest BCUT2D eigenvalue weighted by Crippen LogP contribution is 2.39. The number of fused-ring (bicyclic) bond motifs is 1. The van der Waals surface area contributed by atoms with E-state index in [1.165, 1.54) is 17.8 Å². The van der Waals surface area contributed by atoms with Gasteiger partial charge in [-0.2, -0.15) is 13.2 Å². The molecule has 1 aliphatic heterocycles. The lowest BCUT2D eigenvalue weighted by molar-refractivity contribution is -0.137. The van der Waals surface area contributed by atoms with Crippen LogP contribution < -0.4 is 5.32 Å². The van der Waals surface area contributed by atoms with Crippen molar-refractivity contribution in [1.82, 2.24) is 0 Å². The van der Waals surface area contributed by atoms with E-state index in [1.807, 2.05) is 0 Å². The number of anilines is 1. The zero-order chi connectivity index (χ0) is 11.9. The Kier molecular flexibility index (Phi) is 2.61. The highest BCUT2D eigenvalue weighted by molar-refractivity contribution is 8.00. The molecule has 2 nitrogen and oxygen atoms in total. The van der Waals surface area contributed by atoms with E-state index in [2.05, 4.69) is 5.32 Å². The fourth-order valence-electron chi connectivity index (χ4n) is 1.39. The van der Waals surface area contributed by atoms with E-state index in [4.69, 9.17) is 0 Å². The minimum Gasteiger partial charge on any atom is -0.324 e. The van der Waals surface area contributed by atoms with E-state index in [0.717, 1.165) is 12.1 Å². The number of benzene rings is 1. The van der Waals surface area contributed by atoms with Crippen molar-refractivity contribution in [3.8, 4) is 0 Å². The van der Waals surface area contributed by atoms with Crippen LogP contribution in [-0.2, 0) is 11.0 Å². The summed E-state index contributed by atoms with van der Waals surface area (Å²) in [5.41, 5.74) is -0.510. The fraction of sp³-hybridized carbons (Fsp3) is 0.300. The van der Waals surface area contributed by atoms with E-state index >= 15 is 0 Å². The molecule has 1 aromatic carbocycles. The molecule has 2 rings (SSSR count). The molecule has 1 aromatic rings. The van der Waals surface area contributed by atoms with Gasteiger partial charge in [0.25, 0.3) is 0 Å². The van der Waals surface area contributed by atoms with Gasteiger partial charge in [-0.25, -0.2) is 0 Å². The molecule has 0 bridgehead atoms. The molecule has 1 aliphatic rings. The number of amides is 1. The van der Waals surface area contributed by atoms with Crippen molar-refractivity contribution in [1.29, 1.82) is 0 Å². The third-order valence-electron chi connectivity index (χ3n) is 2.24. The highest BCUT2D eigenvalue weighted by atomic mass is 32.2. The van der Waals surface area contributed by atoms with Gasteiger partial charge in [0.15, 0.2) is 0 Å². The van der Waals surface area contributed by atoms with Gasteiger partial charge < -0.3 is 5.32 Å². The second kappa shape index (κ2) is 3.69. The van der Waals surface area contributed by atoms with E-state index in [0.29, 0.717) is 4.90 Å². The Morgan fingerprint density at radius 3 is 2.69 bits per heavy atom. The average Bonchev–Trinajstić information content (AvgIpc) is 2.17. The van der Waals surface area contributed by atoms with Gasteiger partial charge in [0.1, 0.15) is 0 Å². The maximum absolute atomic E-state index is 12.4. The van der Waals surface area contributed by atoms with Crippen molar-refractivity contribution < 1.29 is 18.0 Å². The maximum atomic E-state index is 12.4. The quantitative estimate of drug-likeness (QED) is 0.763. The van der Waals surface area contributed by atoms with Crippen molar-refractivity contribution in [2.24, 2.45) is 0 Å². The molecule has 0 aromatic heterocycles. The predicted octanol–water partition coefficient (Wildman–Crippen LogP) is 3.14. The second-order valence-electron chi connectivity index (χ2n) is 3.46. The van der Waals surface area contributed by atoms with E-state index < -0.39 is 11.7 Å².